The molecule has 5 heteroatoms. The van der Waals surface area contributed by atoms with E-state index < -0.39 is 0 Å². The van der Waals surface area contributed by atoms with Crippen LogP contribution in [0.3, 0.4) is 0 Å². The molecule has 1 aliphatic heterocycles. The van der Waals surface area contributed by atoms with Gasteiger partial charge in [0.25, 0.3) is 0 Å². The first-order chi connectivity index (χ1) is 11.6. The smallest absolute Gasteiger partial charge is 0.173 e. The Morgan fingerprint density at radius 1 is 1.04 bits per heavy atom. The summed E-state index contributed by atoms with van der Waals surface area (Å²) in [6.07, 6.45) is 0. The monoisotopic (exact) mass is 359 g/mol. The molecule has 24 heavy (non-hydrogen) atoms. The van der Waals surface area contributed by atoms with E-state index in [9.17, 15) is 0 Å². The molecule has 0 aliphatic carbocycles. The molecule has 3 nitrogen and oxygen atoms in total. The van der Waals surface area contributed by atoms with Crippen molar-refractivity contribution in [2.45, 2.75) is 13.5 Å². The number of nitrogens with zero attached hydrogens (tertiary/aromatic N) is 2. The summed E-state index contributed by atoms with van der Waals surface area (Å²) in [7, 11) is 0. The molecule has 1 heterocycles. The summed E-state index contributed by atoms with van der Waals surface area (Å²) >= 11 is 11.8. The van der Waals surface area contributed by atoms with Gasteiger partial charge in [0.05, 0.1) is 0 Å². The van der Waals surface area contributed by atoms with Gasteiger partial charge < -0.3 is 10.2 Å². The third kappa shape index (κ3) is 4.26. The molecule has 0 saturated carbocycles. The van der Waals surface area contributed by atoms with Crippen LogP contribution in [0.15, 0.2) is 48.5 Å². The molecule has 2 aromatic rings. The second-order valence-corrected chi connectivity index (χ2v) is 6.89. The van der Waals surface area contributed by atoms with Gasteiger partial charge in [-0.2, -0.15) is 0 Å². The average molecular weight is 360 g/mol. The highest BCUT2D eigenvalue weighted by atomic mass is 35.5. The van der Waals surface area contributed by atoms with E-state index in [-0.39, 0.29) is 0 Å². The van der Waals surface area contributed by atoms with E-state index >= 15 is 0 Å². The molecule has 2 aromatic carbocycles. The number of nitrogens with one attached hydrogen (secondary N) is 1. The second-order valence-electron chi connectivity index (χ2n) is 6.10. The molecular formula is C19H22ClN3S. The van der Waals surface area contributed by atoms with Crippen LogP contribution in [0.1, 0.15) is 11.1 Å². The SMILES string of the molecule is Cc1ccccc1NC(=S)N1CCN(Cc2ccccc2Cl)CC1. The first-order valence-electron chi connectivity index (χ1n) is 8.21. The minimum atomic E-state index is 0.807. The van der Waals surface area contributed by atoms with E-state index in [1.807, 2.05) is 30.3 Å². The molecule has 1 aliphatic rings. The minimum absolute atomic E-state index is 0.807. The summed E-state index contributed by atoms with van der Waals surface area (Å²) in [5.41, 5.74) is 3.48. The molecule has 3 rings (SSSR count). The quantitative estimate of drug-likeness (QED) is 0.829. The minimum Gasteiger partial charge on any atom is -0.346 e. The Labute approximate surface area is 154 Å². The van der Waals surface area contributed by atoms with Crippen molar-refractivity contribution in [3.63, 3.8) is 0 Å². The topological polar surface area (TPSA) is 18.5 Å². The molecule has 1 fully saturated rings. The van der Waals surface area contributed by atoms with Gasteiger partial charge >= 0.3 is 0 Å². The highest BCUT2D eigenvalue weighted by Gasteiger charge is 2.19. The van der Waals surface area contributed by atoms with Gasteiger partial charge in [0.15, 0.2) is 5.11 Å². The summed E-state index contributed by atoms with van der Waals surface area (Å²) in [5.74, 6) is 0. The molecule has 0 atom stereocenters. The largest absolute Gasteiger partial charge is 0.346 e. The maximum absolute atomic E-state index is 6.26. The zero-order valence-corrected chi connectivity index (χ0v) is 15.4. The van der Waals surface area contributed by atoms with Crippen molar-refractivity contribution in [2.24, 2.45) is 0 Å². The fraction of sp³-hybridized carbons (Fsp3) is 0.316. The maximum atomic E-state index is 6.26. The van der Waals surface area contributed by atoms with Crippen molar-refractivity contribution in [1.29, 1.82) is 0 Å². The van der Waals surface area contributed by atoms with Crippen LogP contribution in [0.4, 0.5) is 5.69 Å². The van der Waals surface area contributed by atoms with Gasteiger partial charge in [-0.3, -0.25) is 4.90 Å². The maximum Gasteiger partial charge on any atom is 0.173 e. The molecule has 0 aromatic heterocycles. The first-order valence-corrected chi connectivity index (χ1v) is 8.99. The number of piperazine rings is 1. The number of hydrogen-bond acceptors (Lipinski definition) is 2. The fourth-order valence-electron chi connectivity index (χ4n) is 2.88. The van der Waals surface area contributed by atoms with Crippen LogP contribution in [0.25, 0.3) is 0 Å². The number of aryl methyl sites for hydroxylation is 1. The lowest BCUT2D eigenvalue weighted by Gasteiger charge is -2.36. The predicted octanol–water partition coefficient (Wildman–Crippen LogP) is 4.16. The van der Waals surface area contributed by atoms with Crippen molar-refractivity contribution in [3.05, 3.63) is 64.7 Å². The molecule has 1 saturated heterocycles. The molecule has 0 bridgehead atoms. The number of anilines is 1. The third-order valence-electron chi connectivity index (χ3n) is 4.40. The summed E-state index contributed by atoms with van der Waals surface area (Å²) in [4.78, 5) is 4.67. The molecule has 126 valence electrons. The average Bonchev–Trinajstić information content (AvgIpc) is 2.59. The van der Waals surface area contributed by atoms with E-state index in [1.54, 1.807) is 0 Å². The Kier molecular flexibility index (Phi) is 5.72. The highest BCUT2D eigenvalue weighted by Crippen LogP contribution is 2.19. The molecule has 0 amide bonds. The Morgan fingerprint density at radius 3 is 2.42 bits per heavy atom. The molecular weight excluding hydrogens is 338 g/mol. The van der Waals surface area contributed by atoms with Gasteiger partial charge in [-0.05, 0) is 42.4 Å². The zero-order valence-electron chi connectivity index (χ0n) is 13.8. The fourth-order valence-corrected chi connectivity index (χ4v) is 3.37. The number of para-hydroxylation sites is 1. The molecule has 0 radical (unpaired) electrons. The Morgan fingerprint density at radius 2 is 1.71 bits per heavy atom. The van der Waals surface area contributed by atoms with E-state index in [4.69, 9.17) is 23.8 Å². The van der Waals surface area contributed by atoms with Crippen LogP contribution < -0.4 is 5.32 Å². The van der Waals surface area contributed by atoms with Crippen molar-refractivity contribution in [1.82, 2.24) is 9.80 Å². The van der Waals surface area contributed by atoms with Crippen LogP contribution >= 0.6 is 23.8 Å². The second kappa shape index (κ2) is 7.97. The zero-order chi connectivity index (χ0) is 16.9. The number of hydrogen-bond donors (Lipinski definition) is 1. The molecule has 0 spiro atoms. The summed E-state index contributed by atoms with van der Waals surface area (Å²) in [6, 6.07) is 16.3. The molecule has 1 N–H and O–H groups in total. The van der Waals surface area contributed by atoms with Gasteiger partial charge in [-0.25, -0.2) is 0 Å². The van der Waals surface area contributed by atoms with Crippen molar-refractivity contribution in [3.8, 4) is 0 Å². The van der Waals surface area contributed by atoms with Crippen LogP contribution in [-0.2, 0) is 6.54 Å². The summed E-state index contributed by atoms with van der Waals surface area (Å²) in [5, 5.41) is 5.02. The Bertz CT molecular complexity index is 711. The van der Waals surface area contributed by atoms with Gasteiger partial charge in [0.1, 0.15) is 0 Å². The Hall–Kier alpha value is -1.62. The van der Waals surface area contributed by atoms with Gasteiger partial charge in [-0.15, -0.1) is 0 Å². The van der Waals surface area contributed by atoms with Crippen LogP contribution in [0.2, 0.25) is 5.02 Å². The van der Waals surface area contributed by atoms with Crippen molar-refractivity contribution < 1.29 is 0 Å². The van der Waals surface area contributed by atoms with Crippen LogP contribution in [0.5, 0.6) is 0 Å². The molecule has 0 unspecified atom stereocenters. The first kappa shape index (κ1) is 17.2. The standard InChI is InChI=1S/C19H22ClN3S/c1-15-6-2-5-9-18(15)21-19(24)23-12-10-22(11-13-23)14-16-7-3-4-8-17(16)20/h2-9H,10-14H2,1H3,(H,21,24). The van der Waals surface area contributed by atoms with E-state index in [0.717, 1.165) is 48.5 Å². The third-order valence-corrected chi connectivity index (χ3v) is 5.13. The lowest BCUT2D eigenvalue weighted by molar-refractivity contribution is 0.177. The highest BCUT2D eigenvalue weighted by molar-refractivity contribution is 7.80. The lowest BCUT2D eigenvalue weighted by Crippen LogP contribution is -2.49. The summed E-state index contributed by atoms with van der Waals surface area (Å²) in [6.45, 7) is 6.82. The van der Waals surface area contributed by atoms with Crippen molar-refractivity contribution in [2.75, 3.05) is 31.5 Å². The van der Waals surface area contributed by atoms with Gasteiger partial charge in [0, 0.05) is 43.4 Å². The van der Waals surface area contributed by atoms with E-state index in [1.165, 1.54) is 11.1 Å². The van der Waals surface area contributed by atoms with Gasteiger partial charge in [0.2, 0.25) is 0 Å². The van der Waals surface area contributed by atoms with Crippen LogP contribution in [0, 0.1) is 6.92 Å². The number of benzene rings is 2. The van der Waals surface area contributed by atoms with Crippen molar-refractivity contribution >= 4 is 34.6 Å². The number of rotatable bonds is 3. The summed E-state index contributed by atoms with van der Waals surface area (Å²) < 4.78 is 0. The van der Waals surface area contributed by atoms with E-state index in [0.29, 0.717) is 0 Å². The normalized spacial score (nSPS) is 15.3. The van der Waals surface area contributed by atoms with Gasteiger partial charge in [-0.1, -0.05) is 48.0 Å². The number of halogens is 1. The van der Waals surface area contributed by atoms with E-state index in [2.05, 4.69) is 40.2 Å². The lowest BCUT2D eigenvalue weighted by atomic mass is 10.2. The Balaban J connectivity index is 1.52. The van der Waals surface area contributed by atoms with Crippen LogP contribution in [-0.4, -0.2) is 41.1 Å². The predicted molar refractivity (Wildman–Crippen MR) is 106 cm³/mol. The number of thiocarbonyl (C=S) groups is 1.